The summed E-state index contributed by atoms with van der Waals surface area (Å²) in [6.07, 6.45) is 5.65. The first kappa shape index (κ1) is 15.1. The third-order valence-electron chi connectivity index (χ3n) is 3.97. The fourth-order valence-electron chi connectivity index (χ4n) is 2.85. The Balaban J connectivity index is 1.97. The smallest absolute Gasteiger partial charge is 0.124 e. The van der Waals surface area contributed by atoms with Crippen molar-refractivity contribution in [1.29, 1.82) is 0 Å². The van der Waals surface area contributed by atoms with Crippen LogP contribution in [-0.4, -0.2) is 23.7 Å². The summed E-state index contributed by atoms with van der Waals surface area (Å²) in [4.78, 5) is 0. The van der Waals surface area contributed by atoms with E-state index in [1.165, 1.54) is 24.8 Å². The molecule has 2 rings (SSSR count). The molecule has 20 heavy (non-hydrogen) atoms. The number of hydrogen-bond acceptors (Lipinski definition) is 3. The molecular formula is C17H26N2O. The molecular weight excluding hydrogens is 248 g/mol. The normalized spacial score (nSPS) is 23.5. The van der Waals surface area contributed by atoms with Crippen molar-refractivity contribution < 1.29 is 4.74 Å². The van der Waals surface area contributed by atoms with Crippen molar-refractivity contribution in [2.45, 2.75) is 51.7 Å². The summed E-state index contributed by atoms with van der Waals surface area (Å²) in [5, 5.41) is 2.40. The fraction of sp³-hybridized carbons (Fsp3) is 0.529. The molecule has 1 heterocycles. The number of hydrogen-bond donors (Lipinski definition) is 1. The van der Waals surface area contributed by atoms with Crippen molar-refractivity contribution >= 4 is 0 Å². The molecule has 0 spiro atoms. The first-order valence-corrected chi connectivity index (χ1v) is 7.55. The van der Waals surface area contributed by atoms with E-state index in [0.29, 0.717) is 18.7 Å². The van der Waals surface area contributed by atoms with Crippen LogP contribution in [0.25, 0.3) is 0 Å². The number of rotatable bonds is 6. The highest BCUT2D eigenvalue weighted by molar-refractivity contribution is 5.33. The van der Waals surface area contributed by atoms with Crippen LogP contribution in [0.2, 0.25) is 0 Å². The Morgan fingerprint density at radius 1 is 1.30 bits per heavy atom. The Labute approximate surface area is 122 Å². The minimum atomic E-state index is 0.549. The lowest BCUT2D eigenvalue weighted by Gasteiger charge is -2.39. The second-order valence-corrected chi connectivity index (χ2v) is 5.58. The minimum Gasteiger partial charge on any atom is -0.489 e. The van der Waals surface area contributed by atoms with Crippen LogP contribution in [0.1, 0.15) is 38.7 Å². The van der Waals surface area contributed by atoms with Gasteiger partial charge in [0.25, 0.3) is 0 Å². The molecule has 1 aromatic carbocycles. The molecule has 0 radical (unpaired) electrons. The molecule has 1 fully saturated rings. The van der Waals surface area contributed by atoms with Crippen LogP contribution in [0.4, 0.5) is 0 Å². The van der Waals surface area contributed by atoms with Gasteiger partial charge in [0.05, 0.1) is 0 Å². The zero-order chi connectivity index (χ0) is 14.4. The summed E-state index contributed by atoms with van der Waals surface area (Å²) in [5.74, 6) is 0.942. The van der Waals surface area contributed by atoms with Crippen molar-refractivity contribution in [2.75, 3.05) is 6.61 Å². The molecule has 1 saturated heterocycles. The maximum atomic E-state index is 5.70. The number of hydrazine groups is 1. The quantitative estimate of drug-likeness (QED) is 0.803. The molecule has 2 atom stereocenters. The Morgan fingerprint density at radius 3 is 2.70 bits per heavy atom. The van der Waals surface area contributed by atoms with Crippen molar-refractivity contribution in [2.24, 2.45) is 0 Å². The van der Waals surface area contributed by atoms with Gasteiger partial charge in [-0.25, -0.2) is 5.01 Å². The molecule has 1 aliphatic rings. The zero-order valence-corrected chi connectivity index (χ0v) is 12.6. The van der Waals surface area contributed by atoms with Crippen LogP contribution in [0.15, 0.2) is 36.9 Å². The summed E-state index contributed by atoms with van der Waals surface area (Å²) in [6.45, 7) is 9.64. The average molecular weight is 274 g/mol. The standard InChI is InChI=1S/C17H26N2O/c1-4-12-20-17-11-6-5-10-16(17)13-18-19-14(2)8-7-9-15(19)3/h4-6,10-11,14-15,18H,1,7-9,12-13H2,2-3H3. The highest BCUT2D eigenvalue weighted by Gasteiger charge is 2.24. The molecule has 0 amide bonds. The third kappa shape index (κ3) is 3.84. The van der Waals surface area contributed by atoms with Gasteiger partial charge in [-0.2, -0.15) is 0 Å². The van der Waals surface area contributed by atoms with Crippen LogP contribution in [0.3, 0.4) is 0 Å². The molecule has 2 unspecified atom stereocenters. The largest absolute Gasteiger partial charge is 0.489 e. The summed E-state index contributed by atoms with van der Waals surface area (Å²) in [7, 11) is 0. The predicted octanol–water partition coefficient (Wildman–Crippen LogP) is 3.52. The molecule has 3 heteroatoms. The number of nitrogens with one attached hydrogen (secondary N) is 1. The molecule has 110 valence electrons. The first-order valence-electron chi connectivity index (χ1n) is 7.55. The van der Waals surface area contributed by atoms with Crippen LogP contribution in [-0.2, 0) is 6.54 Å². The van der Waals surface area contributed by atoms with Gasteiger partial charge in [0.1, 0.15) is 12.4 Å². The van der Waals surface area contributed by atoms with E-state index in [4.69, 9.17) is 4.74 Å². The van der Waals surface area contributed by atoms with Gasteiger partial charge < -0.3 is 4.74 Å². The van der Waals surface area contributed by atoms with Crippen LogP contribution < -0.4 is 10.2 Å². The van der Waals surface area contributed by atoms with Crippen molar-refractivity contribution in [3.8, 4) is 5.75 Å². The Bertz CT molecular complexity index is 423. The van der Waals surface area contributed by atoms with E-state index < -0.39 is 0 Å². The van der Waals surface area contributed by atoms with E-state index in [-0.39, 0.29) is 0 Å². The Morgan fingerprint density at radius 2 is 2.00 bits per heavy atom. The lowest BCUT2D eigenvalue weighted by molar-refractivity contribution is 0.0432. The van der Waals surface area contributed by atoms with Gasteiger partial charge in [-0.3, -0.25) is 5.43 Å². The highest BCUT2D eigenvalue weighted by Crippen LogP contribution is 2.22. The number of benzene rings is 1. The fourth-order valence-corrected chi connectivity index (χ4v) is 2.85. The second kappa shape index (κ2) is 7.46. The highest BCUT2D eigenvalue weighted by atomic mass is 16.5. The van der Waals surface area contributed by atoms with Crippen molar-refractivity contribution in [3.63, 3.8) is 0 Å². The van der Waals surface area contributed by atoms with E-state index in [1.54, 1.807) is 6.08 Å². The van der Waals surface area contributed by atoms with Crippen molar-refractivity contribution in [1.82, 2.24) is 10.4 Å². The molecule has 0 aromatic heterocycles. The van der Waals surface area contributed by atoms with Crippen LogP contribution in [0.5, 0.6) is 5.75 Å². The lowest BCUT2D eigenvalue weighted by atomic mass is 10.00. The summed E-state index contributed by atoms with van der Waals surface area (Å²) in [5.41, 5.74) is 4.78. The van der Waals surface area contributed by atoms with Gasteiger partial charge >= 0.3 is 0 Å². The summed E-state index contributed by atoms with van der Waals surface area (Å²) in [6, 6.07) is 9.39. The summed E-state index contributed by atoms with van der Waals surface area (Å²) < 4.78 is 5.70. The van der Waals surface area contributed by atoms with Gasteiger partial charge in [0, 0.05) is 24.2 Å². The van der Waals surface area contributed by atoms with Gasteiger partial charge in [0.15, 0.2) is 0 Å². The van der Waals surface area contributed by atoms with Gasteiger partial charge in [-0.1, -0.05) is 37.3 Å². The number of ether oxygens (including phenoxy) is 1. The SMILES string of the molecule is C=CCOc1ccccc1CNN1C(C)CCCC1C. The molecule has 0 bridgehead atoms. The maximum Gasteiger partial charge on any atom is 0.124 e. The number of para-hydroxylation sites is 1. The molecule has 1 aromatic rings. The molecule has 0 saturated carbocycles. The van der Waals surface area contributed by atoms with E-state index in [0.717, 1.165) is 12.3 Å². The van der Waals surface area contributed by atoms with Crippen LogP contribution >= 0.6 is 0 Å². The van der Waals surface area contributed by atoms with E-state index in [2.05, 4.69) is 43.0 Å². The van der Waals surface area contributed by atoms with Crippen molar-refractivity contribution in [3.05, 3.63) is 42.5 Å². The molecule has 1 aliphatic heterocycles. The molecule has 1 N–H and O–H groups in total. The Hall–Kier alpha value is -1.32. The average Bonchev–Trinajstić information content (AvgIpc) is 2.45. The summed E-state index contributed by atoms with van der Waals surface area (Å²) >= 11 is 0. The number of piperidine rings is 1. The predicted molar refractivity (Wildman–Crippen MR) is 83.6 cm³/mol. The molecule has 0 aliphatic carbocycles. The second-order valence-electron chi connectivity index (χ2n) is 5.58. The van der Waals surface area contributed by atoms with Gasteiger partial charge in [0.2, 0.25) is 0 Å². The Kier molecular flexibility index (Phi) is 5.62. The van der Waals surface area contributed by atoms with Gasteiger partial charge in [-0.05, 0) is 32.8 Å². The van der Waals surface area contributed by atoms with E-state index in [1.807, 2.05) is 12.1 Å². The molecule has 3 nitrogen and oxygen atoms in total. The maximum absolute atomic E-state index is 5.70. The minimum absolute atomic E-state index is 0.549. The zero-order valence-electron chi connectivity index (χ0n) is 12.6. The van der Waals surface area contributed by atoms with E-state index >= 15 is 0 Å². The number of nitrogens with zero attached hydrogens (tertiary/aromatic N) is 1. The third-order valence-corrected chi connectivity index (χ3v) is 3.97. The van der Waals surface area contributed by atoms with Gasteiger partial charge in [-0.15, -0.1) is 0 Å². The lowest BCUT2D eigenvalue weighted by Crippen LogP contribution is -2.51. The van der Waals surface area contributed by atoms with E-state index in [9.17, 15) is 0 Å². The first-order chi connectivity index (χ1) is 9.72. The monoisotopic (exact) mass is 274 g/mol. The topological polar surface area (TPSA) is 24.5 Å². The van der Waals surface area contributed by atoms with Crippen LogP contribution in [0, 0.1) is 0 Å².